The molecule has 114 valence electrons. The van der Waals surface area contributed by atoms with Crippen molar-refractivity contribution in [1.82, 2.24) is 5.32 Å². The number of anilines is 1. The summed E-state index contributed by atoms with van der Waals surface area (Å²) < 4.78 is 0.356. The molecule has 22 heavy (non-hydrogen) atoms. The van der Waals surface area contributed by atoms with Gasteiger partial charge >= 0.3 is 6.03 Å². The maximum Gasteiger partial charge on any atom is 0.413 e. The molecule has 0 fully saturated rings. The number of aromatic nitrogens is 1. The van der Waals surface area contributed by atoms with E-state index in [1.165, 1.54) is 24.3 Å². The molecule has 0 aliphatic rings. The number of halogens is 3. The highest BCUT2D eigenvalue weighted by atomic mass is 35.5. The topological polar surface area (TPSA) is 85.1 Å². The first-order valence-electron chi connectivity index (χ1n) is 5.83. The van der Waals surface area contributed by atoms with E-state index in [-0.39, 0.29) is 26.4 Å². The molecule has 9 heteroatoms. The van der Waals surface area contributed by atoms with Crippen molar-refractivity contribution in [3.05, 3.63) is 62.4 Å². The Labute approximate surface area is 140 Å². The molecule has 2 N–H and O–H groups in total. The average molecular weight is 361 g/mol. The van der Waals surface area contributed by atoms with E-state index in [0.717, 1.165) is 6.20 Å². The molecule has 0 aliphatic carbocycles. The van der Waals surface area contributed by atoms with Crippen LogP contribution in [0.4, 0.5) is 10.6 Å². The first-order chi connectivity index (χ1) is 10.4. The van der Waals surface area contributed by atoms with Gasteiger partial charge < -0.3 is 5.21 Å². The minimum Gasteiger partial charge on any atom is -0.711 e. The highest BCUT2D eigenvalue weighted by Crippen LogP contribution is 2.23. The first kappa shape index (κ1) is 16.4. The first-order valence-corrected chi connectivity index (χ1v) is 6.97. The molecular formula is C13H8Cl3N3O3. The van der Waals surface area contributed by atoms with Gasteiger partial charge in [-0.1, -0.05) is 40.9 Å². The van der Waals surface area contributed by atoms with E-state index in [1.54, 1.807) is 6.07 Å². The molecule has 0 atom stereocenters. The highest BCUT2D eigenvalue weighted by Gasteiger charge is 2.20. The number of nitrogens with one attached hydrogen (secondary N) is 2. The van der Waals surface area contributed by atoms with Crippen LogP contribution in [-0.2, 0) is 0 Å². The average Bonchev–Trinajstić information content (AvgIpc) is 2.41. The Hall–Kier alpha value is -2.02. The summed E-state index contributed by atoms with van der Waals surface area (Å²) in [6, 6.07) is 6.29. The maximum absolute atomic E-state index is 12.0. The van der Waals surface area contributed by atoms with Crippen molar-refractivity contribution in [1.29, 1.82) is 0 Å². The molecule has 2 aromatic rings. The number of carbonyl (C=O) groups is 2. The third-order valence-electron chi connectivity index (χ3n) is 2.54. The molecule has 0 unspecified atom stereocenters. The van der Waals surface area contributed by atoms with Crippen LogP contribution in [0, 0.1) is 5.21 Å². The SMILES string of the molecule is O=C(NC(=O)c1c(Cl)cccc1Cl)Nc1ccc(Cl)c[n+]1[O-]. The van der Waals surface area contributed by atoms with Gasteiger partial charge in [-0.3, -0.25) is 10.1 Å². The molecule has 3 amide bonds. The van der Waals surface area contributed by atoms with Crippen LogP contribution in [0.1, 0.15) is 10.4 Å². The second-order valence-electron chi connectivity index (χ2n) is 4.06. The van der Waals surface area contributed by atoms with Gasteiger partial charge in [0, 0.05) is 6.07 Å². The number of rotatable bonds is 2. The van der Waals surface area contributed by atoms with Gasteiger partial charge in [-0.2, -0.15) is 5.32 Å². The molecular weight excluding hydrogens is 353 g/mol. The monoisotopic (exact) mass is 359 g/mol. The Balaban J connectivity index is 2.10. The lowest BCUT2D eigenvalue weighted by atomic mass is 10.2. The van der Waals surface area contributed by atoms with Gasteiger partial charge in [0.25, 0.3) is 11.7 Å². The van der Waals surface area contributed by atoms with E-state index in [1.807, 2.05) is 5.32 Å². The summed E-state index contributed by atoms with van der Waals surface area (Å²) in [4.78, 5) is 23.7. The second kappa shape index (κ2) is 6.83. The van der Waals surface area contributed by atoms with Crippen LogP contribution in [0.25, 0.3) is 0 Å². The van der Waals surface area contributed by atoms with E-state index in [4.69, 9.17) is 34.8 Å². The number of imide groups is 1. The standard InChI is InChI=1S/C13H8Cl3N3O3/c14-7-4-5-10(19(22)6-7)17-13(21)18-12(20)11-8(15)2-1-3-9(11)16/h1-6H,(H2,17,18,20,21). The third-order valence-corrected chi connectivity index (χ3v) is 3.39. The van der Waals surface area contributed by atoms with Crippen LogP contribution >= 0.6 is 34.8 Å². The van der Waals surface area contributed by atoms with Gasteiger partial charge in [-0.25, -0.2) is 9.52 Å². The van der Waals surface area contributed by atoms with Crippen molar-refractivity contribution in [2.75, 3.05) is 5.32 Å². The lowest BCUT2D eigenvalue weighted by Crippen LogP contribution is -2.39. The molecule has 0 aliphatic heterocycles. The number of amides is 3. The van der Waals surface area contributed by atoms with Gasteiger partial charge in [-0.15, -0.1) is 0 Å². The summed E-state index contributed by atoms with van der Waals surface area (Å²) in [7, 11) is 0. The van der Waals surface area contributed by atoms with Crippen LogP contribution in [0.5, 0.6) is 0 Å². The van der Waals surface area contributed by atoms with Crippen molar-refractivity contribution >= 4 is 52.6 Å². The van der Waals surface area contributed by atoms with Gasteiger partial charge in [0.2, 0.25) is 0 Å². The van der Waals surface area contributed by atoms with Crippen LogP contribution in [0.3, 0.4) is 0 Å². The fourth-order valence-electron chi connectivity index (χ4n) is 1.58. The number of hydrogen-bond donors (Lipinski definition) is 2. The lowest BCUT2D eigenvalue weighted by molar-refractivity contribution is -0.589. The minimum absolute atomic E-state index is 0.0351. The normalized spacial score (nSPS) is 10.1. The van der Waals surface area contributed by atoms with Crippen molar-refractivity contribution < 1.29 is 14.3 Å². The zero-order chi connectivity index (χ0) is 16.3. The van der Waals surface area contributed by atoms with Gasteiger partial charge in [0.1, 0.15) is 6.20 Å². The van der Waals surface area contributed by atoms with Crippen LogP contribution in [0.2, 0.25) is 15.1 Å². The smallest absolute Gasteiger partial charge is 0.413 e. The second-order valence-corrected chi connectivity index (χ2v) is 5.31. The van der Waals surface area contributed by atoms with E-state index < -0.39 is 11.9 Å². The zero-order valence-corrected chi connectivity index (χ0v) is 13.0. The van der Waals surface area contributed by atoms with Crippen molar-refractivity contribution in [2.45, 2.75) is 0 Å². The largest absolute Gasteiger partial charge is 0.711 e. The fourth-order valence-corrected chi connectivity index (χ4v) is 2.30. The molecule has 0 saturated carbocycles. The Morgan fingerprint density at radius 1 is 1.05 bits per heavy atom. The maximum atomic E-state index is 12.0. The van der Waals surface area contributed by atoms with Gasteiger partial charge in [-0.05, 0) is 18.2 Å². The van der Waals surface area contributed by atoms with Crippen LogP contribution < -0.4 is 15.4 Å². The molecule has 0 radical (unpaired) electrons. The summed E-state index contributed by atoms with van der Waals surface area (Å²) in [5.41, 5.74) is -0.0351. The lowest BCUT2D eigenvalue weighted by Gasteiger charge is -2.09. The summed E-state index contributed by atoms with van der Waals surface area (Å²) in [6.07, 6.45) is 1.06. The number of pyridine rings is 1. The Morgan fingerprint density at radius 3 is 2.27 bits per heavy atom. The summed E-state index contributed by atoms with van der Waals surface area (Å²) in [6.45, 7) is 0. The molecule has 1 aromatic heterocycles. The summed E-state index contributed by atoms with van der Waals surface area (Å²) in [5.74, 6) is -0.889. The van der Waals surface area contributed by atoms with Gasteiger partial charge in [0.05, 0.1) is 20.6 Å². The quantitative estimate of drug-likeness (QED) is 0.637. The highest BCUT2D eigenvalue weighted by molar-refractivity contribution is 6.40. The molecule has 1 heterocycles. The van der Waals surface area contributed by atoms with Crippen LogP contribution in [-0.4, -0.2) is 11.9 Å². The van der Waals surface area contributed by atoms with Gasteiger partial charge in [0.15, 0.2) is 0 Å². The van der Waals surface area contributed by atoms with Crippen molar-refractivity contribution in [2.24, 2.45) is 0 Å². The van der Waals surface area contributed by atoms with Crippen LogP contribution in [0.15, 0.2) is 36.5 Å². The van der Waals surface area contributed by atoms with E-state index in [2.05, 4.69) is 5.32 Å². The molecule has 2 rings (SSSR count). The number of urea groups is 1. The fraction of sp³-hybridized carbons (Fsp3) is 0. The third kappa shape index (κ3) is 3.79. The Morgan fingerprint density at radius 2 is 1.68 bits per heavy atom. The number of benzene rings is 1. The van der Waals surface area contributed by atoms with E-state index >= 15 is 0 Å². The Bertz CT molecular complexity index is 732. The molecule has 0 bridgehead atoms. The summed E-state index contributed by atoms with van der Waals surface area (Å²) in [5, 5.41) is 16.1. The Kier molecular flexibility index (Phi) is 5.07. The van der Waals surface area contributed by atoms with Crippen molar-refractivity contribution in [3.63, 3.8) is 0 Å². The number of nitrogens with zero attached hydrogens (tertiary/aromatic N) is 1. The van der Waals surface area contributed by atoms with E-state index in [0.29, 0.717) is 4.73 Å². The van der Waals surface area contributed by atoms with Crippen molar-refractivity contribution in [3.8, 4) is 0 Å². The predicted molar refractivity (Wildman–Crippen MR) is 83.4 cm³/mol. The number of hydrogen-bond acceptors (Lipinski definition) is 3. The predicted octanol–water partition coefficient (Wildman–Crippen LogP) is 3.24. The molecule has 0 spiro atoms. The summed E-state index contributed by atoms with van der Waals surface area (Å²) >= 11 is 17.3. The molecule has 6 nitrogen and oxygen atoms in total. The van der Waals surface area contributed by atoms with E-state index in [9.17, 15) is 14.8 Å². The zero-order valence-electron chi connectivity index (χ0n) is 10.8. The molecule has 0 saturated heterocycles. The minimum atomic E-state index is -0.909. The number of carbonyl (C=O) groups excluding carboxylic acids is 2. The molecule has 1 aromatic carbocycles.